The Balaban J connectivity index is 1.73. The third kappa shape index (κ3) is 3.72. The second-order valence-corrected chi connectivity index (χ2v) is 11.1. The molecular formula is C28H28N2S. The highest BCUT2D eigenvalue weighted by Gasteiger charge is 2.17. The molecule has 2 aromatic heterocycles. The van der Waals surface area contributed by atoms with Crippen molar-refractivity contribution in [1.29, 1.82) is 0 Å². The molecule has 31 heavy (non-hydrogen) atoms. The van der Waals surface area contributed by atoms with Crippen LogP contribution in [-0.4, -0.2) is 9.97 Å². The summed E-state index contributed by atoms with van der Waals surface area (Å²) in [6.07, 6.45) is 2.79. The lowest BCUT2D eigenvalue weighted by atomic mass is 9.88. The molecule has 3 heteroatoms. The normalized spacial score (nSPS) is 12.5. The summed E-state index contributed by atoms with van der Waals surface area (Å²) in [4.78, 5) is 9.44. The van der Waals surface area contributed by atoms with E-state index < -0.39 is 0 Å². The van der Waals surface area contributed by atoms with E-state index in [0.717, 1.165) is 17.6 Å². The van der Waals surface area contributed by atoms with Crippen LogP contribution in [0, 0.1) is 5.41 Å². The van der Waals surface area contributed by atoms with Gasteiger partial charge in [-0.05, 0) is 57.9 Å². The van der Waals surface area contributed by atoms with Gasteiger partial charge in [0.25, 0.3) is 0 Å². The molecule has 0 amide bonds. The lowest BCUT2D eigenvalue weighted by Crippen LogP contribution is -2.08. The van der Waals surface area contributed by atoms with E-state index in [1.54, 1.807) is 6.33 Å². The lowest BCUT2D eigenvalue weighted by Gasteiger charge is -2.17. The van der Waals surface area contributed by atoms with Gasteiger partial charge in [0.2, 0.25) is 0 Å². The van der Waals surface area contributed by atoms with Crippen LogP contribution in [0.3, 0.4) is 0 Å². The monoisotopic (exact) mass is 424 g/mol. The van der Waals surface area contributed by atoms with Crippen LogP contribution < -0.4 is 0 Å². The van der Waals surface area contributed by atoms with Crippen molar-refractivity contribution in [3.63, 3.8) is 0 Å². The van der Waals surface area contributed by atoms with Crippen LogP contribution >= 0.6 is 11.3 Å². The Labute approximate surface area is 188 Å². The highest BCUT2D eigenvalue weighted by molar-refractivity contribution is 7.26. The van der Waals surface area contributed by atoms with Crippen LogP contribution in [0.5, 0.6) is 0 Å². The molecule has 0 radical (unpaired) electrons. The molecule has 0 bridgehead atoms. The SMILES string of the molecule is CC(C)c1cc(-c2ncnc3c2sc2cc(CC(C)(C)C)ccc23)cc2ccccc12. The van der Waals surface area contributed by atoms with Crippen molar-refractivity contribution in [2.24, 2.45) is 5.41 Å². The van der Waals surface area contributed by atoms with Gasteiger partial charge in [-0.25, -0.2) is 9.97 Å². The fourth-order valence-corrected chi connectivity index (χ4v) is 5.73. The number of thiophene rings is 1. The van der Waals surface area contributed by atoms with Crippen molar-refractivity contribution in [3.05, 3.63) is 72.1 Å². The van der Waals surface area contributed by atoms with Crippen LogP contribution in [0.25, 0.3) is 42.3 Å². The van der Waals surface area contributed by atoms with E-state index in [-0.39, 0.29) is 5.41 Å². The minimum absolute atomic E-state index is 0.271. The molecule has 5 rings (SSSR count). The molecule has 0 saturated heterocycles. The molecule has 0 fully saturated rings. The smallest absolute Gasteiger partial charge is 0.116 e. The second kappa shape index (κ2) is 7.42. The first-order valence-electron chi connectivity index (χ1n) is 11.0. The molecule has 0 N–H and O–H groups in total. The van der Waals surface area contributed by atoms with Gasteiger partial charge in [0.05, 0.1) is 15.9 Å². The summed E-state index contributed by atoms with van der Waals surface area (Å²) in [7, 11) is 0. The molecule has 0 unspecified atom stereocenters. The molecule has 0 aliphatic heterocycles. The summed E-state index contributed by atoms with van der Waals surface area (Å²) in [5.41, 5.74) is 6.30. The summed E-state index contributed by atoms with van der Waals surface area (Å²) in [6.45, 7) is 11.4. The molecule has 156 valence electrons. The molecule has 0 aliphatic carbocycles. The molecule has 0 atom stereocenters. The molecular weight excluding hydrogens is 396 g/mol. The van der Waals surface area contributed by atoms with Crippen molar-refractivity contribution < 1.29 is 0 Å². The molecule has 5 aromatic rings. The Kier molecular flexibility index (Phi) is 4.82. The first-order valence-corrected chi connectivity index (χ1v) is 11.8. The van der Waals surface area contributed by atoms with Gasteiger partial charge in [-0.1, -0.05) is 71.0 Å². The van der Waals surface area contributed by atoms with E-state index in [1.807, 2.05) is 11.3 Å². The van der Waals surface area contributed by atoms with Gasteiger partial charge in [0.1, 0.15) is 6.33 Å². The predicted octanol–water partition coefficient (Wildman–Crippen LogP) is 8.38. The molecule has 2 nitrogen and oxygen atoms in total. The van der Waals surface area contributed by atoms with E-state index in [9.17, 15) is 0 Å². The highest BCUT2D eigenvalue weighted by Crippen LogP contribution is 2.40. The fourth-order valence-electron chi connectivity index (χ4n) is 4.50. The average Bonchev–Trinajstić information content (AvgIpc) is 3.09. The third-order valence-electron chi connectivity index (χ3n) is 5.84. The number of benzene rings is 3. The maximum absolute atomic E-state index is 4.76. The number of rotatable bonds is 3. The molecule has 0 aliphatic rings. The molecule has 2 heterocycles. The van der Waals surface area contributed by atoms with Crippen molar-refractivity contribution in [3.8, 4) is 11.3 Å². The summed E-state index contributed by atoms with van der Waals surface area (Å²) in [5, 5.41) is 3.82. The van der Waals surface area contributed by atoms with Gasteiger partial charge in [-0.15, -0.1) is 11.3 Å². The Morgan fingerprint density at radius 2 is 1.71 bits per heavy atom. The standard InChI is InChI=1S/C28H28N2S/c1-17(2)23-14-20(13-19-8-6-7-9-21(19)23)25-27-26(30-16-29-25)22-11-10-18(12-24(22)31-27)15-28(3,4)5/h6-14,16-17H,15H2,1-5H3. The maximum Gasteiger partial charge on any atom is 0.116 e. The second-order valence-electron chi connectivity index (χ2n) is 10.0. The Bertz CT molecular complexity index is 1420. The van der Waals surface area contributed by atoms with Crippen molar-refractivity contribution >= 4 is 42.4 Å². The van der Waals surface area contributed by atoms with Gasteiger partial charge in [-0.3, -0.25) is 0 Å². The van der Waals surface area contributed by atoms with Crippen LogP contribution in [-0.2, 0) is 6.42 Å². The summed E-state index contributed by atoms with van der Waals surface area (Å²) in [5.74, 6) is 0.449. The van der Waals surface area contributed by atoms with Gasteiger partial charge in [-0.2, -0.15) is 0 Å². The zero-order chi connectivity index (χ0) is 21.8. The zero-order valence-electron chi connectivity index (χ0n) is 18.9. The Hall–Kier alpha value is -2.78. The zero-order valence-corrected chi connectivity index (χ0v) is 19.7. The molecule has 3 aromatic carbocycles. The van der Waals surface area contributed by atoms with Gasteiger partial charge < -0.3 is 0 Å². The number of nitrogens with zero attached hydrogens (tertiary/aromatic N) is 2. The average molecular weight is 425 g/mol. The van der Waals surface area contributed by atoms with Crippen molar-refractivity contribution in [2.75, 3.05) is 0 Å². The number of hydrogen-bond acceptors (Lipinski definition) is 3. The van der Waals surface area contributed by atoms with Gasteiger partial charge >= 0.3 is 0 Å². The minimum Gasteiger partial charge on any atom is -0.235 e. The largest absolute Gasteiger partial charge is 0.235 e. The van der Waals surface area contributed by atoms with Gasteiger partial charge in [0, 0.05) is 15.6 Å². The Morgan fingerprint density at radius 3 is 2.48 bits per heavy atom. The Morgan fingerprint density at radius 1 is 0.903 bits per heavy atom. The molecule has 0 spiro atoms. The topological polar surface area (TPSA) is 25.8 Å². The third-order valence-corrected chi connectivity index (χ3v) is 6.99. The van der Waals surface area contributed by atoms with Crippen molar-refractivity contribution in [1.82, 2.24) is 9.97 Å². The number of fused-ring (bicyclic) bond motifs is 4. The lowest BCUT2D eigenvalue weighted by molar-refractivity contribution is 0.411. The maximum atomic E-state index is 4.76. The summed E-state index contributed by atoms with van der Waals surface area (Å²) in [6, 6.07) is 20.1. The van der Waals surface area contributed by atoms with Crippen LogP contribution in [0.4, 0.5) is 0 Å². The molecule has 0 saturated carbocycles. The highest BCUT2D eigenvalue weighted by atomic mass is 32.1. The van der Waals surface area contributed by atoms with Crippen LogP contribution in [0.1, 0.15) is 51.7 Å². The van der Waals surface area contributed by atoms with E-state index in [1.165, 1.54) is 42.2 Å². The quantitative estimate of drug-likeness (QED) is 0.291. The minimum atomic E-state index is 0.271. The first-order chi connectivity index (χ1) is 14.8. The van der Waals surface area contributed by atoms with Gasteiger partial charge in [0.15, 0.2) is 0 Å². The summed E-state index contributed by atoms with van der Waals surface area (Å²) < 4.78 is 2.47. The van der Waals surface area contributed by atoms with E-state index in [4.69, 9.17) is 4.98 Å². The van der Waals surface area contributed by atoms with Crippen LogP contribution in [0.2, 0.25) is 0 Å². The predicted molar refractivity (Wildman–Crippen MR) is 135 cm³/mol. The van der Waals surface area contributed by atoms with E-state index >= 15 is 0 Å². The fraction of sp³-hybridized carbons (Fsp3) is 0.286. The van der Waals surface area contributed by atoms with E-state index in [2.05, 4.69) is 94.2 Å². The number of hydrogen-bond donors (Lipinski definition) is 0. The number of aromatic nitrogens is 2. The summed E-state index contributed by atoms with van der Waals surface area (Å²) >= 11 is 1.82. The van der Waals surface area contributed by atoms with E-state index in [0.29, 0.717) is 5.92 Å². The van der Waals surface area contributed by atoms with Crippen molar-refractivity contribution in [2.45, 2.75) is 47.0 Å². The first kappa shape index (κ1) is 20.1. The van der Waals surface area contributed by atoms with Crippen LogP contribution in [0.15, 0.2) is 60.9 Å².